The van der Waals surface area contributed by atoms with E-state index >= 15 is 0 Å². The first-order valence-electron chi connectivity index (χ1n) is 5.46. The molecule has 13 heteroatoms. The summed E-state index contributed by atoms with van der Waals surface area (Å²) in [5.74, 6) is 0. The maximum Gasteiger partial charge on any atom is 0.425 e. The molecule has 23 heavy (non-hydrogen) atoms. The number of hydrogen-bond donors (Lipinski definition) is 0. The molecular formula is C10H9F13. The smallest absolute Gasteiger partial charge is 0.232 e. The molecule has 0 aliphatic carbocycles. The molecule has 0 aromatic rings. The predicted molar refractivity (Wildman–Crippen MR) is 50.5 cm³/mol. The minimum absolute atomic E-state index is 1.14. The van der Waals surface area contributed by atoms with Crippen molar-refractivity contribution in [2.75, 3.05) is 0 Å². The zero-order chi connectivity index (χ0) is 19.5. The summed E-state index contributed by atoms with van der Waals surface area (Å²) in [5.41, 5.74) is -25.3. The highest BCUT2D eigenvalue weighted by Crippen LogP contribution is 2.63. The van der Waals surface area contributed by atoms with Crippen LogP contribution in [-0.4, -0.2) is 41.2 Å². The van der Waals surface area contributed by atoms with Crippen LogP contribution in [0.25, 0.3) is 0 Å². The van der Waals surface area contributed by atoms with E-state index in [0.29, 0.717) is 0 Å². The summed E-state index contributed by atoms with van der Waals surface area (Å²) < 4.78 is 168. The van der Waals surface area contributed by atoms with Gasteiger partial charge < -0.3 is 0 Å². The quantitative estimate of drug-likeness (QED) is 0.566. The van der Waals surface area contributed by atoms with Crippen molar-refractivity contribution < 1.29 is 57.1 Å². The molecule has 0 rings (SSSR count). The zero-order valence-electron chi connectivity index (χ0n) is 11.4. The highest BCUT2D eigenvalue weighted by molar-refractivity contribution is 5.24. The van der Waals surface area contributed by atoms with E-state index < -0.39 is 62.0 Å². The molecule has 0 radical (unpaired) electrons. The largest absolute Gasteiger partial charge is 0.425 e. The summed E-state index contributed by atoms with van der Waals surface area (Å²) in [6.07, 6.45) is -20.4. The van der Waals surface area contributed by atoms with E-state index in [2.05, 4.69) is 0 Å². The molecule has 0 heterocycles. The Kier molecular flexibility index (Phi) is 4.84. The van der Waals surface area contributed by atoms with Crippen molar-refractivity contribution in [3.8, 4) is 0 Å². The SMILES string of the molecule is CC(F)(C(F)(F)F)C(F)(C(C)(F)C(F)(F)F)C(C)(F)C(F)(F)F. The first kappa shape index (κ1) is 22.1. The minimum Gasteiger partial charge on any atom is -0.232 e. The summed E-state index contributed by atoms with van der Waals surface area (Å²) >= 11 is 0. The van der Waals surface area contributed by atoms with E-state index in [9.17, 15) is 57.1 Å². The standard InChI is InChI=1S/C10H9F13/c1-4(11,8(15,16)17)7(14,5(2,12)9(18,19)20)6(3,13)10(21,22)23/h1-3H3. The van der Waals surface area contributed by atoms with Crippen molar-refractivity contribution in [2.45, 2.75) is 62.0 Å². The molecule has 0 N–H and O–H groups in total. The molecular weight excluding hydrogens is 367 g/mol. The van der Waals surface area contributed by atoms with Gasteiger partial charge in [-0.1, -0.05) is 0 Å². The zero-order valence-corrected chi connectivity index (χ0v) is 11.4. The minimum atomic E-state index is -6.79. The summed E-state index contributed by atoms with van der Waals surface area (Å²) in [5, 5.41) is 0. The lowest BCUT2D eigenvalue weighted by molar-refractivity contribution is -0.390. The van der Waals surface area contributed by atoms with Crippen molar-refractivity contribution in [1.82, 2.24) is 0 Å². The fourth-order valence-corrected chi connectivity index (χ4v) is 1.91. The van der Waals surface area contributed by atoms with Gasteiger partial charge in [0.25, 0.3) is 0 Å². The maximum absolute atomic E-state index is 14.3. The first-order valence-corrected chi connectivity index (χ1v) is 5.46. The predicted octanol–water partition coefficient (Wildman–Crippen LogP) is 5.57. The second kappa shape index (κ2) is 5.04. The molecule has 0 aromatic carbocycles. The van der Waals surface area contributed by atoms with Crippen LogP contribution >= 0.6 is 0 Å². The van der Waals surface area contributed by atoms with Crippen LogP contribution in [-0.2, 0) is 0 Å². The Morgan fingerprint density at radius 3 is 0.565 bits per heavy atom. The van der Waals surface area contributed by atoms with E-state index in [-0.39, 0.29) is 0 Å². The average Bonchev–Trinajstić information content (AvgIpc) is 2.22. The lowest BCUT2D eigenvalue weighted by atomic mass is 9.66. The molecule has 0 spiro atoms. The van der Waals surface area contributed by atoms with Crippen LogP contribution in [0, 0.1) is 0 Å². The number of hydrogen-bond acceptors (Lipinski definition) is 0. The molecule has 0 saturated heterocycles. The molecule has 0 aliphatic rings. The second-order valence-electron chi connectivity index (χ2n) is 5.16. The Hall–Kier alpha value is -0.910. The molecule has 3 unspecified atom stereocenters. The monoisotopic (exact) mass is 376 g/mol. The highest BCUT2D eigenvalue weighted by Gasteiger charge is 2.89. The van der Waals surface area contributed by atoms with Gasteiger partial charge in [-0.25, -0.2) is 17.6 Å². The molecule has 0 amide bonds. The van der Waals surface area contributed by atoms with Crippen molar-refractivity contribution in [2.24, 2.45) is 0 Å². The van der Waals surface area contributed by atoms with Gasteiger partial charge in [0.05, 0.1) is 0 Å². The molecule has 0 bridgehead atoms. The van der Waals surface area contributed by atoms with E-state index in [4.69, 9.17) is 0 Å². The molecule has 0 saturated carbocycles. The molecule has 0 aliphatic heterocycles. The van der Waals surface area contributed by atoms with Crippen LogP contribution in [0.15, 0.2) is 0 Å². The van der Waals surface area contributed by atoms with Crippen molar-refractivity contribution >= 4 is 0 Å². The highest BCUT2D eigenvalue weighted by atomic mass is 19.4. The Morgan fingerprint density at radius 2 is 0.478 bits per heavy atom. The normalized spacial score (nSPS) is 25.0. The summed E-state index contributed by atoms with van der Waals surface area (Å²) in [4.78, 5) is 0. The second-order valence-corrected chi connectivity index (χ2v) is 5.16. The molecule has 140 valence electrons. The van der Waals surface area contributed by atoms with Gasteiger partial charge in [-0.2, -0.15) is 39.5 Å². The number of halogens is 13. The third kappa shape index (κ3) is 2.73. The van der Waals surface area contributed by atoms with Gasteiger partial charge >= 0.3 is 18.5 Å². The Balaban J connectivity index is 6.97. The maximum atomic E-state index is 14.3. The van der Waals surface area contributed by atoms with Crippen LogP contribution in [0.4, 0.5) is 57.1 Å². The molecule has 0 nitrogen and oxygen atoms in total. The Morgan fingerprint density at radius 1 is 0.348 bits per heavy atom. The van der Waals surface area contributed by atoms with Gasteiger partial charge in [0.15, 0.2) is 0 Å². The van der Waals surface area contributed by atoms with Gasteiger partial charge in [0, 0.05) is 0 Å². The molecule has 0 fully saturated rings. The third-order valence-corrected chi connectivity index (χ3v) is 3.54. The van der Waals surface area contributed by atoms with Gasteiger partial charge in [-0.15, -0.1) is 0 Å². The molecule has 0 aromatic heterocycles. The van der Waals surface area contributed by atoms with Gasteiger partial charge in [-0.3, -0.25) is 0 Å². The average molecular weight is 376 g/mol. The van der Waals surface area contributed by atoms with Crippen LogP contribution < -0.4 is 0 Å². The summed E-state index contributed by atoms with van der Waals surface area (Å²) in [6, 6.07) is 0. The van der Waals surface area contributed by atoms with Crippen LogP contribution in [0.3, 0.4) is 0 Å². The Bertz CT molecular complexity index is 369. The first-order chi connectivity index (χ1) is 9.50. The third-order valence-electron chi connectivity index (χ3n) is 3.54. The van der Waals surface area contributed by atoms with Gasteiger partial charge in [0.1, 0.15) is 0 Å². The van der Waals surface area contributed by atoms with Gasteiger partial charge in [-0.05, 0) is 20.8 Å². The van der Waals surface area contributed by atoms with E-state index in [1.807, 2.05) is 0 Å². The van der Waals surface area contributed by atoms with E-state index in [1.165, 1.54) is 0 Å². The van der Waals surface area contributed by atoms with E-state index in [1.54, 1.807) is 0 Å². The van der Waals surface area contributed by atoms with Crippen LogP contribution in [0.1, 0.15) is 20.8 Å². The summed E-state index contributed by atoms with van der Waals surface area (Å²) in [7, 11) is 0. The fourth-order valence-electron chi connectivity index (χ4n) is 1.91. The van der Waals surface area contributed by atoms with Crippen molar-refractivity contribution in [1.29, 1.82) is 0 Å². The lowest BCUT2D eigenvalue weighted by Crippen LogP contribution is -2.79. The van der Waals surface area contributed by atoms with Crippen molar-refractivity contribution in [3.63, 3.8) is 0 Å². The lowest BCUT2D eigenvalue weighted by Gasteiger charge is -2.50. The number of rotatable bonds is 3. The van der Waals surface area contributed by atoms with Gasteiger partial charge in [0.2, 0.25) is 22.7 Å². The topological polar surface area (TPSA) is 0 Å². The van der Waals surface area contributed by atoms with Crippen LogP contribution in [0.2, 0.25) is 0 Å². The number of alkyl halides is 13. The van der Waals surface area contributed by atoms with Crippen molar-refractivity contribution in [3.05, 3.63) is 0 Å². The van der Waals surface area contributed by atoms with E-state index in [0.717, 1.165) is 0 Å². The van der Waals surface area contributed by atoms with Crippen LogP contribution in [0.5, 0.6) is 0 Å². The Labute approximate surface area is 120 Å². The fraction of sp³-hybridized carbons (Fsp3) is 1.00. The summed E-state index contributed by atoms with van der Waals surface area (Å²) in [6.45, 7) is -3.42. The molecule has 3 atom stereocenters.